The van der Waals surface area contributed by atoms with Gasteiger partial charge in [0, 0.05) is 25.7 Å². The van der Waals surface area contributed by atoms with E-state index in [1.165, 1.54) is 0 Å². The molecule has 0 spiro atoms. The average Bonchev–Trinajstić information content (AvgIpc) is 2.50. The highest BCUT2D eigenvalue weighted by Gasteiger charge is 2.24. The predicted molar refractivity (Wildman–Crippen MR) is 86.1 cm³/mol. The van der Waals surface area contributed by atoms with Crippen molar-refractivity contribution in [3.8, 4) is 0 Å². The first kappa shape index (κ1) is 18.4. The van der Waals surface area contributed by atoms with Crippen LogP contribution in [0.2, 0.25) is 0 Å². The van der Waals surface area contributed by atoms with Gasteiger partial charge in [-0.05, 0) is 18.3 Å². The second-order valence-electron chi connectivity index (χ2n) is 6.59. The number of carbonyl (C=O) groups is 1. The molecule has 1 aliphatic heterocycles. The SMILES string of the molecule is CCC(C)C(N)C(=O)NCC(CC(C)C)N1CCOCC1. The van der Waals surface area contributed by atoms with E-state index >= 15 is 0 Å². The van der Waals surface area contributed by atoms with Gasteiger partial charge in [-0.3, -0.25) is 9.69 Å². The van der Waals surface area contributed by atoms with Gasteiger partial charge in [-0.15, -0.1) is 0 Å². The molecule has 0 radical (unpaired) electrons. The fourth-order valence-corrected chi connectivity index (χ4v) is 2.70. The molecule has 21 heavy (non-hydrogen) atoms. The van der Waals surface area contributed by atoms with Crippen LogP contribution in [0.15, 0.2) is 0 Å². The Kier molecular flexibility index (Phi) is 8.22. The molecule has 1 rings (SSSR count). The van der Waals surface area contributed by atoms with Gasteiger partial charge in [0.1, 0.15) is 0 Å². The van der Waals surface area contributed by atoms with Crippen molar-refractivity contribution in [1.82, 2.24) is 10.2 Å². The van der Waals surface area contributed by atoms with Crippen LogP contribution in [0.4, 0.5) is 0 Å². The number of rotatable bonds is 8. The summed E-state index contributed by atoms with van der Waals surface area (Å²) in [7, 11) is 0. The molecular weight excluding hydrogens is 266 g/mol. The van der Waals surface area contributed by atoms with E-state index in [1.807, 2.05) is 6.92 Å². The highest BCUT2D eigenvalue weighted by Crippen LogP contribution is 2.13. The van der Waals surface area contributed by atoms with Gasteiger partial charge in [-0.2, -0.15) is 0 Å². The summed E-state index contributed by atoms with van der Waals surface area (Å²) in [4.78, 5) is 14.6. The third-order valence-electron chi connectivity index (χ3n) is 4.38. The minimum absolute atomic E-state index is 0.0219. The Morgan fingerprint density at radius 1 is 1.29 bits per heavy atom. The number of hydrogen-bond donors (Lipinski definition) is 2. The zero-order chi connectivity index (χ0) is 15.8. The molecule has 0 aliphatic carbocycles. The van der Waals surface area contributed by atoms with Crippen molar-refractivity contribution >= 4 is 5.91 Å². The van der Waals surface area contributed by atoms with E-state index in [4.69, 9.17) is 10.5 Å². The van der Waals surface area contributed by atoms with Crippen LogP contribution < -0.4 is 11.1 Å². The zero-order valence-electron chi connectivity index (χ0n) is 14.1. The largest absolute Gasteiger partial charge is 0.379 e. The lowest BCUT2D eigenvalue weighted by Gasteiger charge is -2.35. The Morgan fingerprint density at radius 2 is 1.90 bits per heavy atom. The lowest BCUT2D eigenvalue weighted by atomic mass is 9.98. The number of nitrogens with zero attached hydrogens (tertiary/aromatic N) is 1. The molecule has 124 valence electrons. The van der Waals surface area contributed by atoms with Crippen LogP contribution in [0.1, 0.15) is 40.5 Å². The van der Waals surface area contributed by atoms with E-state index in [0.29, 0.717) is 18.5 Å². The molecule has 0 aromatic rings. The second kappa shape index (κ2) is 9.38. The number of nitrogens with one attached hydrogen (secondary N) is 1. The van der Waals surface area contributed by atoms with Crippen LogP contribution in [0.25, 0.3) is 0 Å². The van der Waals surface area contributed by atoms with E-state index < -0.39 is 6.04 Å². The third kappa shape index (κ3) is 6.32. The van der Waals surface area contributed by atoms with Gasteiger partial charge in [0.25, 0.3) is 0 Å². The van der Waals surface area contributed by atoms with E-state index in [2.05, 4.69) is 31.0 Å². The number of nitrogens with two attached hydrogens (primary N) is 1. The van der Waals surface area contributed by atoms with Crippen molar-refractivity contribution in [3.05, 3.63) is 0 Å². The molecule has 1 heterocycles. The smallest absolute Gasteiger partial charge is 0.237 e. The number of amides is 1. The summed E-state index contributed by atoms with van der Waals surface area (Å²) in [5.41, 5.74) is 5.99. The molecule has 3 N–H and O–H groups in total. The Hall–Kier alpha value is -0.650. The van der Waals surface area contributed by atoms with Gasteiger partial charge in [0.15, 0.2) is 0 Å². The predicted octanol–water partition coefficient (Wildman–Crippen LogP) is 1.22. The average molecular weight is 299 g/mol. The van der Waals surface area contributed by atoms with Crippen LogP contribution in [-0.4, -0.2) is 55.7 Å². The first-order chi connectivity index (χ1) is 9.95. The maximum atomic E-state index is 12.1. The molecule has 0 saturated carbocycles. The van der Waals surface area contributed by atoms with Gasteiger partial charge in [-0.1, -0.05) is 34.1 Å². The van der Waals surface area contributed by atoms with E-state index in [-0.39, 0.29) is 11.8 Å². The van der Waals surface area contributed by atoms with Crippen molar-refractivity contribution < 1.29 is 9.53 Å². The molecule has 1 amide bonds. The van der Waals surface area contributed by atoms with Crippen LogP contribution >= 0.6 is 0 Å². The molecule has 5 heteroatoms. The van der Waals surface area contributed by atoms with E-state index in [1.54, 1.807) is 0 Å². The summed E-state index contributed by atoms with van der Waals surface area (Å²) >= 11 is 0. The quantitative estimate of drug-likeness (QED) is 0.707. The number of ether oxygens (including phenoxy) is 1. The minimum atomic E-state index is -0.403. The maximum absolute atomic E-state index is 12.1. The van der Waals surface area contributed by atoms with Crippen molar-refractivity contribution in [2.45, 2.75) is 52.6 Å². The summed E-state index contributed by atoms with van der Waals surface area (Å²) in [5.74, 6) is 0.807. The zero-order valence-corrected chi connectivity index (χ0v) is 14.1. The number of morpholine rings is 1. The van der Waals surface area contributed by atoms with Gasteiger partial charge < -0.3 is 15.8 Å². The first-order valence-electron chi connectivity index (χ1n) is 8.30. The van der Waals surface area contributed by atoms with Gasteiger partial charge in [0.2, 0.25) is 5.91 Å². The normalized spacial score (nSPS) is 21.0. The lowest BCUT2D eigenvalue weighted by molar-refractivity contribution is -0.123. The van der Waals surface area contributed by atoms with Crippen molar-refractivity contribution in [2.24, 2.45) is 17.6 Å². The summed E-state index contributed by atoms with van der Waals surface area (Å²) < 4.78 is 5.42. The number of carbonyl (C=O) groups excluding carboxylic acids is 1. The molecule has 0 aromatic carbocycles. The van der Waals surface area contributed by atoms with Gasteiger partial charge in [0.05, 0.1) is 19.3 Å². The number of hydrogen-bond acceptors (Lipinski definition) is 4. The highest BCUT2D eigenvalue weighted by atomic mass is 16.5. The van der Waals surface area contributed by atoms with Crippen LogP contribution in [0.3, 0.4) is 0 Å². The van der Waals surface area contributed by atoms with E-state index in [9.17, 15) is 4.79 Å². The fourth-order valence-electron chi connectivity index (χ4n) is 2.70. The topological polar surface area (TPSA) is 67.6 Å². The minimum Gasteiger partial charge on any atom is -0.379 e. The van der Waals surface area contributed by atoms with Gasteiger partial charge >= 0.3 is 0 Å². The third-order valence-corrected chi connectivity index (χ3v) is 4.38. The van der Waals surface area contributed by atoms with Gasteiger partial charge in [-0.25, -0.2) is 0 Å². The standard InChI is InChI=1S/C16H33N3O2/c1-5-13(4)15(17)16(20)18-11-14(10-12(2)3)19-6-8-21-9-7-19/h12-15H,5-11,17H2,1-4H3,(H,18,20). The maximum Gasteiger partial charge on any atom is 0.237 e. The molecule has 0 aromatic heterocycles. The Balaban J connectivity index is 2.50. The monoisotopic (exact) mass is 299 g/mol. The van der Waals surface area contributed by atoms with Crippen molar-refractivity contribution in [1.29, 1.82) is 0 Å². The van der Waals surface area contributed by atoms with Crippen molar-refractivity contribution in [2.75, 3.05) is 32.8 Å². The summed E-state index contributed by atoms with van der Waals surface area (Å²) in [6.07, 6.45) is 2.01. The van der Waals surface area contributed by atoms with E-state index in [0.717, 1.165) is 39.1 Å². The molecule has 1 fully saturated rings. The summed E-state index contributed by atoms with van der Waals surface area (Å²) in [6.45, 7) is 12.7. The summed E-state index contributed by atoms with van der Waals surface area (Å²) in [5, 5.41) is 3.05. The Morgan fingerprint density at radius 3 is 2.43 bits per heavy atom. The molecule has 1 saturated heterocycles. The fraction of sp³-hybridized carbons (Fsp3) is 0.938. The lowest BCUT2D eigenvalue weighted by Crippen LogP contribution is -2.52. The Labute approximate surface area is 129 Å². The molecule has 3 atom stereocenters. The molecule has 3 unspecified atom stereocenters. The molecule has 0 bridgehead atoms. The summed E-state index contributed by atoms with van der Waals surface area (Å²) in [6, 6.07) is -0.0265. The second-order valence-corrected chi connectivity index (χ2v) is 6.59. The molecule has 1 aliphatic rings. The molecular formula is C16H33N3O2. The van der Waals surface area contributed by atoms with Crippen LogP contribution in [-0.2, 0) is 9.53 Å². The highest BCUT2D eigenvalue weighted by molar-refractivity contribution is 5.81. The van der Waals surface area contributed by atoms with Crippen LogP contribution in [0, 0.1) is 11.8 Å². The molecule has 5 nitrogen and oxygen atoms in total. The van der Waals surface area contributed by atoms with Crippen molar-refractivity contribution in [3.63, 3.8) is 0 Å². The Bertz CT molecular complexity index is 304. The van der Waals surface area contributed by atoms with Crippen LogP contribution in [0.5, 0.6) is 0 Å². The first-order valence-corrected chi connectivity index (χ1v) is 8.30.